The minimum atomic E-state index is 0.189. The van der Waals surface area contributed by atoms with Gasteiger partial charge in [-0.25, -0.2) is 0 Å². The number of para-hydroxylation sites is 1. The highest BCUT2D eigenvalue weighted by Gasteiger charge is 2.37. The molecule has 1 atom stereocenters. The molecule has 1 aliphatic rings. The van der Waals surface area contributed by atoms with Crippen molar-refractivity contribution >= 4 is 5.69 Å². The van der Waals surface area contributed by atoms with Gasteiger partial charge in [0.25, 0.3) is 0 Å². The number of piperidine rings is 1. The van der Waals surface area contributed by atoms with Crippen LogP contribution in [-0.2, 0) is 0 Å². The molecule has 88 valence electrons. The number of likely N-dealkylation sites (N-methyl/N-ethyl adjacent to an activating group) is 1. The van der Waals surface area contributed by atoms with Crippen LogP contribution < -0.4 is 10.2 Å². The number of nitrogens with one attached hydrogen (secondary N) is 1. The summed E-state index contributed by atoms with van der Waals surface area (Å²) in [7, 11) is 2.07. The van der Waals surface area contributed by atoms with Crippen LogP contribution in [0.4, 0.5) is 5.69 Å². The highest BCUT2D eigenvalue weighted by Crippen LogP contribution is 2.32. The lowest BCUT2D eigenvalue weighted by molar-refractivity contribution is 0.275. The predicted molar refractivity (Wildman–Crippen MR) is 69.9 cm³/mol. The van der Waals surface area contributed by atoms with E-state index < -0.39 is 0 Å². The Hall–Kier alpha value is -1.02. The first-order chi connectivity index (χ1) is 7.66. The van der Waals surface area contributed by atoms with Gasteiger partial charge in [0.1, 0.15) is 0 Å². The highest BCUT2D eigenvalue weighted by molar-refractivity contribution is 5.49. The Morgan fingerprint density at radius 1 is 1.25 bits per heavy atom. The van der Waals surface area contributed by atoms with Gasteiger partial charge in [-0.2, -0.15) is 0 Å². The van der Waals surface area contributed by atoms with Crippen molar-refractivity contribution in [1.82, 2.24) is 5.32 Å². The first kappa shape index (κ1) is 11.5. The first-order valence-corrected chi connectivity index (χ1v) is 6.16. The second kappa shape index (κ2) is 4.46. The summed E-state index contributed by atoms with van der Waals surface area (Å²) in [6.45, 7) is 5.83. The number of benzene rings is 1. The normalized spacial score (nSPS) is 24.4. The molecule has 1 fully saturated rings. The molecule has 1 aliphatic heterocycles. The second-order valence-electron chi connectivity index (χ2n) is 5.12. The maximum Gasteiger partial charge on any atom is 0.0498 e. The number of hydrogen-bond acceptors (Lipinski definition) is 2. The number of rotatable bonds is 2. The van der Waals surface area contributed by atoms with Crippen molar-refractivity contribution in [1.29, 1.82) is 0 Å². The van der Waals surface area contributed by atoms with E-state index in [0.717, 1.165) is 6.54 Å². The minimum absolute atomic E-state index is 0.189. The van der Waals surface area contributed by atoms with E-state index in [0.29, 0.717) is 6.04 Å². The van der Waals surface area contributed by atoms with Gasteiger partial charge in [0.2, 0.25) is 0 Å². The molecule has 0 spiro atoms. The maximum atomic E-state index is 3.45. The molecular weight excluding hydrogens is 196 g/mol. The summed E-state index contributed by atoms with van der Waals surface area (Å²) in [6.07, 6.45) is 2.54. The zero-order valence-electron chi connectivity index (χ0n) is 10.5. The van der Waals surface area contributed by atoms with Crippen LogP contribution in [0.15, 0.2) is 30.3 Å². The fourth-order valence-electron chi connectivity index (χ4n) is 2.85. The summed E-state index contributed by atoms with van der Waals surface area (Å²) < 4.78 is 0. The molecule has 1 heterocycles. The fraction of sp³-hybridized carbons (Fsp3) is 0.571. The third-order valence-corrected chi connectivity index (χ3v) is 3.84. The Morgan fingerprint density at radius 3 is 2.56 bits per heavy atom. The molecule has 0 bridgehead atoms. The molecule has 0 radical (unpaired) electrons. The molecule has 0 aromatic heterocycles. The van der Waals surface area contributed by atoms with E-state index in [1.54, 1.807) is 0 Å². The van der Waals surface area contributed by atoms with Gasteiger partial charge in [0.05, 0.1) is 0 Å². The van der Waals surface area contributed by atoms with E-state index in [9.17, 15) is 0 Å². The van der Waals surface area contributed by atoms with Crippen molar-refractivity contribution in [3.63, 3.8) is 0 Å². The Balaban J connectivity index is 2.27. The lowest BCUT2D eigenvalue weighted by atomic mass is 9.84. The van der Waals surface area contributed by atoms with Gasteiger partial charge in [-0.1, -0.05) is 18.2 Å². The molecule has 2 rings (SSSR count). The predicted octanol–water partition coefficient (Wildman–Crippen LogP) is 2.65. The molecule has 1 aromatic rings. The van der Waals surface area contributed by atoms with Crippen LogP contribution in [0.1, 0.15) is 26.7 Å². The number of anilines is 1. The van der Waals surface area contributed by atoms with Crippen molar-refractivity contribution in [2.24, 2.45) is 0 Å². The monoisotopic (exact) mass is 218 g/mol. The fourth-order valence-corrected chi connectivity index (χ4v) is 2.85. The van der Waals surface area contributed by atoms with E-state index in [2.05, 4.69) is 61.4 Å². The highest BCUT2D eigenvalue weighted by atomic mass is 15.2. The zero-order valence-corrected chi connectivity index (χ0v) is 10.5. The number of nitrogens with zero attached hydrogens (tertiary/aromatic N) is 1. The largest absolute Gasteiger partial charge is 0.365 e. The summed E-state index contributed by atoms with van der Waals surface area (Å²) in [6, 6.07) is 11.3. The maximum absolute atomic E-state index is 3.45. The molecule has 0 saturated carbocycles. The summed E-state index contributed by atoms with van der Waals surface area (Å²) >= 11 is 0. The molecule has 0 aliphatic carbocycles. The van der Waals surface area contributed by atoms with Gasteiger partial charge in [0, 0.05) is 23.8 Å². The summed E-state index contributed by atoms with van der Waals surface area (Å²) in [4.78, 5) is 2.53. The van der Waals surface area contributed by atoms with E-state index in [4.69, 9.17) is 0 Å². The molecule has 2 heteroatoms. The van der Waals surface area contributed by atoms with E-state index in [1.807, 2.05) is 0 Å². The lowest BCUT2D eigenvalue weighted by Crippen LogP contribution is -2.60. The third kappa shape index (κ3) is 1.94. The second-order valence-corrected chi connectivity index (χ2v) is 5.12. The van der Waals surface area contributed by atoms with Crippen LogP contribution in [0.3, 0.4) is 0 Å². The van der Waals surface area contributed by atoms with Crippen LogP contribution >= 0.6 is 0 Å². The van der Waals surface area contributed by atoms with Crippen molar-refractivity contribution < 1.29 is 0 Å². The van der Waals surface area contributed by atoms with Gasteiger partial charge < -0.3 is 10.2 Å². The van der Waals surface area contributed by atoms with Crippen LogP contribution in [-0.4, -0.2) is 25.2 Å². The quantitative estimate of drug-likeness (QED) is 0.821. The molecule has 0 amide bonds. The van der Waals surface area contributed by atoms with Crippen molar-refractivity contribution in [3.8, 4) is 0 Å². The molecule has 1 aromatic carbocycles. The van der Waals surface area contributed by atoms with Crippen molar-refractivity contribution in [2.75, 3.05) is 18.5 Å². The third-order valence-electron chi connectivity index (χ3n) is 3.84. The van der Waals surface area contributed by atoms with Gasteiger partial charge in [-0.15, -0.1) is 0 Å². The van der Waals surface area contributed by atoms with E-state index in [1.165, 1.54) is 18.5 Å². The Labute approximate surface area is 98.7 Å². The molecular formula is C14H22N2. The Morgan fingerprint density at radius 2 is 1.94 bits per heavy atom. The van der Waals surface area contributed by atoms with Gasteiger partial charge in [0.15, 0.2) is 0 Å². The molecule has 2 nitrogen and oxygen atoms in total. The first-order valence-electron chi connectivity index (χ1n) is 6.16. The summed E-state index contributed by atoms with van der Waals surface area (Å²) in [5, 5.41) is 3.45. The average molecular weight is 218 g/mol. The van der Waals surface area contributed by atoms with Crippen molar-refractivity contribution in [2.45, 2.75) is 38.3 Å². The molecule has 1 saturated heterocycles. The van der Waals surface area contributed by atoms with E-state index in [-0.39, 0.29) is 5.54 Å². The van der Waals surface area contributed by atoms with Gasteiger partial charge in [-0.05, 0) is 45.9 Å². The van der Waals surface area contributed by atoms with Gasteiger partial charge >= 0.3 is 0 Å². The molecule has 1 N–H and O–H groups in total. The van der Waals surface area contributed by atoms with Gasteiger partial charge in [-0.3, -0.25) is 0 Å². The van der Waals surface area contributed by atoms with E-state index >= 15 is 0 Å². The molecule has 1 unspecified atom stereocenters. The SMILES string of the molecule is CNC1CCCN(c2ccccc2)C1(C)C. The lowest BCUT2D eigenvalue weighted by Gasteiger charge is -2.49. The minimum Gasteiger partial charge on any atom is -0.365 e. The topological polar surface area (TPSA) is 15.3 Å². The van der Waals surface area contributed by atoms with Crippen LogP contribution in [0.25, 0.3) is 0 Å². The van der Waals surface area contributed by atoms with Crippen LogP contribution in [0.5, 0.6) is 0 Å². The summed E-state index contributed by atoms with van der Waals surface area (Å²) in [5.74, 6) is 0. The average Bonchev–Trinajstić information content (AvgIpc) is 2.29. The number of hydrogen-bond donors (Lipinski definition) is 1. The summed E-state index contributed by atoms with van der Waals surface area (Å²) in [5.41, 5.74) is 1.53. The van der Waals surface area contributed by atoms with Crippen molar-refractivity contribution in [3.05, 3.63) is 30.3 Å². The smallest absolute Gasteiger partial charge is 0.0498 e. The Kier molecular flexibility index (Phi) is 3.20. The zero-order chi connectivity index (χ0) is 11.6. The molecule has 16 heavy (non-hydrogen) atoms. The van der Waals surface area contributed by atoms with Crippen LogP contribution in [0.2, 0.25) is 0 Å². The Bertz CT molecular complexity index is 332. The van der Waals surface area contributed by atoms with Crippen LogP contribution in [0, 0.1) is 0 Å². The standard InChI is InChI=1S/C14H22N2/c1-14(2)13(15-3)10-7-11-16(14)12-8-5-4-6-9-12/h4-6,8-9,13,15H,7,10-11H2,1-3H3.